The highest BCUT2D eigenvalue weighted by molar-refractivity contribution is 7.80. The highest BCUT2D eigenvalue weighted by Crippen LogP contribution is 1.69. The van der Waals surface area contributed by atoms with E-state index in [9.17, 15) is 0 Å². The first-order valence-corrected chi connectivity index (χ1v) is 2.15. The van der Waals surface area contributed by atoms with Gasteiger partial charge in [0.05, 0.1) is 0 Å². The topological polar surface area (TPSA) is 12.0 Å². The first-order chi connectivity index (χ1) is 2.41. The van der Waals surface area contributed by atoms with Gasteiger partial charge >= 0.3 is 0 Å². The molecular weight excluding hydrogens is 82.1 g/mol. The van der Waals surface area contributed by atoms with Crippen molar-refractivity contribution >= 4 is 12.6 Å². The van der Waals surface area contributed by atoms with Crippen LogP contribution < -0.4 is 5.32 Å². The first kappa shape index (κ1) is 5.31. The number of hydrogen-bond acceptors (Lipinski definition) is 2. The zero-order valence-corrected chi connectivity index (χ0v) is 4.13. The van der Waals surface area contributed by atoms with E-state index >= 15 is 0 Å². The molecule has 1 N–H and O–H groups in total. The van der Waals surface area contributed by atoms with Gasteiger partial charge in [-0.1, -0.05) is 0 Å². The summed E-state index contributed by atoms with van der Waals surface area (Å²) < 4.78 is 0. The molecule has 0 fully saturated rings. The first-order valence-electron chi connectivity index (χ1n) is 1.51. The van der Waals surface area contributed by atoms with Gasteiger partial charge in [0, 0.05) is 12.3 Å². The molecule has 0 aliphatic carbocycles. The standard InChI is InChI=1S/C3H8NS/c1-4-2-3-5/h2,4-5H,3H2,1H3. The fourth-order valence-corrected chi connectivity index (χ4v) is 0.274. The van der Waals surface area contributed by atoms with Gasteiger partial charge in [-0.15, -0.1) is 0 Å². The minimum atomic E-state index is 0.802. The third kappa shape index (κ3) is 4.31. The number of hydrogen-bond donors (Lipinski definition) is 2. The summed E-state index contributed by atoms with van der Waals surface area (Å²) in [6.45, 7) is 1.86. The Morgan fingerprint density at radius 3 is 2.60 bits per heavy atom. The van der Waals surface area contributed by atoms with E-state index in [4.69, 9.17) is 0 Å². The summed E-state index contributed by atoms with van der Waals surface area (Å²) in [7, 11) is 1.86. The van der Waals surface area contributed by atoms with Crippen molar-refractivity contribution in [1.82, 2.24) is 5.32 Å². The van der Waals surface area contributed by atoms with E-state index < -0.39 is 0 Å². The molecule has 0 unspecified atom stereocenters. The summed E-state index contributed by atoms with van der Waals surface area (Å²) in [6, 6.07) is 0. The average Bonchev–Trinajstić information content (AvgIpc) is 1.41. The second kappa shape index (κ2) is 4.31. The Balaban J connectivity index is 2.19. The van der Waals surface area contributed by atoms with Crippen molar-refractivity contribution in [2.45, 2.75) is 0 Å². The highest BCUT2D eigenvalue weighted by atomic mass is 32.1. The Labute approximate surface area is 38.2 Å². The molecule has 0 atom stereocenters. The fraction of sp³-hybridized carbons (Fsp3) is 0.667. The van der Waals surface area contributed by atoms with Crippen molar-refractivity contribution < 1.29 is 0 Å². The quantitative estimate of drug-likeness (QED) is 0.465. The van der Waals surface area contributed by atoms with Crippen LogP contribution >= 0.6 is 12.6 Å². The zero-order chi connectivity index (χ0) is 4.12. The van der Waals surface area contributed by atoms with Crippen LogP contribution in [-0.4, -0.2) is 12.8 Å². The molecule has 0 aromatic heterocycles. The molecular formula is C3H8NS. The predicted octanol–water partition coefficient (Wildman–Crippen LogP) is 0.297. The maximum atomic E-state index is 3.88. The van der Waals surface area contributed by atoms with Gasteiger partial charge in [-0.2, -0.15) is 12.6 Å². The lowest BCUT2D eigenvalue weighted by Gasteiger charge is -1.83. The van der Waals surface area contributed by atoms with Gasteiger partial charge < -0.3 is 5.32 Å². The molecule has 31 valence electrons. The minimum absolute atomic E-state index is 0.802. The van der Waals surface area contributed by atoms with Crippen molar-refractivity contribution in [2.24, 2.45) is 0 Å². The van der Waals surface area contributed by atoms with Crippen molar-refractivity contribution in [2.75, 3.05) is 12.8 Å². The van der Waals surface area contributed by atoms with E-state index in [1.807, 2.05) is 13.6 Å². The van der Waals surface area contributed by atoms with E-state index in [1.54, 1.807) is 0 Å². The molecule has 0 aromatic carbocycles. The highest BCUT2D eigenvalue weighted by Gasteiger charge is 1.66. The van der Waals surface area contributed by atoms with Crippen LogP contribution in [0, 0.1) is 6.54 Å². The minimum Gasteiger partial charge on any atom is -0.315 e. The van der Waals surface area contributed by atoms with Crippen LogP contribution in [0.15, 0.2) is 0 Å². The van der Waals surface area contributed by atoms with Crippen LogP contribution in [0.25, 0.3) is 0 Å². The Morgan fingerprint density at radius 2 is 2.60 bits per heavy atom. The Hall–Kier alpha value is 0.310. The summed E-state index contributed by atoms with van der Waals surface area (Å²) in [5, 5.41) is 2.82. The largest absolute Gasteiger partial charge is 0.315 e. The molecule has 2 heteroatoms. The number of nitrogens with one attached hydrogen (secondary N) is 1. The van der Waals surface area contributed by atoms with Gasteiger partial charge in [0.2, 0.25) is 0 Å². The summed E-state index contributed by atoms with van der Waals surface area (Å²) in [6.07, 6.45) is 0. The number of thiol groups is 1. The molecule has 0 saturated carbocycles. The zero-order valence-electron chi connectivity index (χ0n) is 3.23. The van der Waals surface area contributed by atoms with Gasteiger partial charge in [-0.25, -0.2) is 0 Å². The molecule has 0 aromatic rings. The third-order valence-electron chi connectivity index (χ3n) is 0.295. The van der Waals surface area contributed by atoms with Gasteiger partial charge in [-0.05, 0) is 7.05 Å². The monoisotopic (exact) mass is 90.0 g/mol. The summed E-state index contributed by atoms with van der Waals surface area (Å²) in [4.78, 5) is 0. The van der Waals surface area contributed by atoms with Crippen molar-refractivity contribution in [3.8, 4) is 0 Å². The molecule has 1 nitrogen and oxygen atoms in total. The maximum absolute atomic E-state index is 3.88. The molecule has 0 rings (SSSR count). The van der Waals surface area contributed by atoms with Crippen LogP contribution in [0.3, 0.4) is 0 Å². The van der Waals surface area contributed by atoms with E-state index in [0.29, 0.717) is 0 Å². The average molecular weight is 90.2 g/mol. The number of rotatable bonds is 2. The van der Waals surface area contributed by atoms with Crippen LogP contribution in [0.4, 0.5) is 0 Å². The van der Waals surface area contributed by atoms with Crippen LogP contribution in [0.2, 0.25) is 0 Å². The molecule has 0 bridgehead atoms. The Bertz CT molecular complexity index is 14.4. The van der Waals surface area contributed by atoms with Gasteiger partial charge in [0.15, 0.2) is 0 Å². The maximum Gasteiger partial charge on any atom is 0.0314 e. The molecule has 0 saturated heterocycles. The summed E-state index contributed by atoms with van der Waals surface area (Å²) in [5.74, 6) is 0.802. The third-order valence-corrected chi connectivity index (χ3v) is 0.478. The Kier molecular flexibility index (Phi) is 4.58. The van der Waals surface area contributed by atoms with Crippen molar-refractivity contribution in [1.29, 1.82) is 0 Å². The van der Waals surface area contributed by atoms with Gasteiger partial charge in [0.1, 0.15) is 0 Å². The van der Waals surface area contributed by atoms with Gasteiger partial charge in [0.25, 0.3) is 0 Å². The van der Waals surface area contributed by atoms with E-state index in [1.165, 1.54) is 0 Å². The van der Waals surface area contributed by atoms with E-state index in [0.717, 1.165) is 5.75 Å². The lowest BCUT2D eigenvalue weighted by Crippen LogP contribution is -2.00. The fourth-order valence-electron chi connectivity index (χ4n) is 0.0913. The van der Waals surface area contributed by atoms with E-state index in [2.05, 4.69) is 17.9 Å². The van der Waals surface area contributed by atoms with Crippen molar-refractivity contribution in [3.63, 3.8) is 0 Å². The summed E-state index contributed by atoms with van der Waals surface area (Å²) >= 11 is 3.88. The van der Waals surface area contributed by atoms with E-state index in [-0.39, 0.29) is 0 Å². The lowest BCUT2D eigenvalue weighted by atomic mass is 10.8. The SMILES string of the molecule is CN[CH]CS. The normalized spacial score (nSPS) is 8.40. The molecule has 0 amide bonds. The molecule has 5 heavy (non-hydrogen) atoms. The smallest absolute Gasteiger partial charge is 0.0314 e. The molecule has 0 heterocycles. The molecule has 0 aliphatic rings. The van der Waals surface area contributed by atoms with Crippen LogP contribution in [0.5, 0.6) is 0 Å². The Morgan fingerprint density at radius 1 is 2.00 bits per heavy atom. The van der Waals surface area contributed by atoms with Crippen LogP contribution in [0.1, 0.15) is 0 Å². The lowest BCUT2D eigenvalue weighted by molar-refractivity contribution is 0.992. The van der Waals surface area contributed by atoms with Crippen molar-refractivity contribution in [3.05, 3.63) is 6.54 Å². The predicted molar refractivity (Wildman–Crippen MR) is 27.2 cm³/mol. The molecule has 1 radical (unpaired) electrons. The van der Waals surface area contributed by atoms with Crippen LogP contribution in [-0.2, 0) is 0 Å². The molecule has 0 spiro atoms. The molecule has 0 aliphatic heterocycles. The second-order valence-electron chi connectivity index (χ2n) is 0.675. The summed E-state index contributed by atoms with van der Waals surface area (Å²) in [5.41, 5.74) is 0. The van der Waals surface area contributed by atoms with Gasteiger partial charge in [-0.3, -0.25) is 0 Å². The second-order valence-corrected chi connectivity index (χ2v) is 1.04.